The van der Waals surface area contributed by atoms with E-state index in [0.29, 0.717) is 31.9 Å². The third-order valence-electron chi connectivity index (χ3n) is 2.89. The van der Waals surface area contributed by atoms with Crippen LogP contribution in [-0.2, 0) is 14.6 Å². The van der Waals surface area contributed by atoms with Gasteiger partial charge < -0.3 is 15.0 Å². The van der Waals surface area contributed by atoms with Crippen molar-refractivity contribution in [3.8, 4) is 5.75 Å². The highest BCUT2D eigenvalue weighted by Gasteiger charge is 2.09. The van der Waals surface area contributed by atoms with Gasteiger partial charge in [-0.3, -0.25) is 4.79 Å². The smallest absolute Gasteiger partial charge is 0.236 e. The van der Waals surface area contributed by atoms with Crippen LogP contribution in [0.3, 0.4) is 0 Å². The van der Waals surface area contributed by atoms with Crippen molar-refractivity contribution in [2.24, 2.45) is 0 Å². The van der Waals surface area contributed by atoms with Crippen LogP contribution in [0.25, 0.3) is 0 Å². The van der Waals surface area contributed by atoms with Crippen molar-refractivity contribution >= 4 is 28.2 Å². The fraction of sp³-hybridized carbons (Fsp3) is 0.500. The Labute approximate surface area is 138 Å². The fourth-order valence-electron chi connectivity index (χ4n) is 1.70. The molecule has 0 fully saturated rings. The zero-order valence-electron chi connectivity index (χ0n) is 13.0. The number of hydrogen-bond donors (Lipinski definition) is 1. The molecule has 0 aliphatic heterocycles. The number of carbonyl (C=O) groups excluding carboxylic acids is 1. The first-order valence-electron chi connectivity index (χ1n) is 6.66. The maximum absolute atomic E-state index is 11.5. The molecular formula is C14H23ClN2O4S. The van der Waals surface area contributed by atoms with E-state index < -0.39 is 9.84 Å². The highest BCUT2D eigenvalue weighted by Crippen LogP contribution is 2.17. The molecule has 0 heterocycles. The van der Waals surface area contributed by atoms with E-state index in [1.807, 2.05) is 0 Å². The number of nitrogens with one attached hydrogen (secondary N) is 1. The Morgan fingerprint density at radius 1 is 1.36 bits per heavy atom. The molecule has 8 heteroatoms. The normalized spacial score (nSPS) is 10.7. The molecule has 0 saturated heterocycles. The summed E-state index contributed by atoms with van der Waals surface area (Å²) in [7, 11) is 0.239. The molecule has 0 aromatic heterocycles. The monoisotopic (exact) mass is 350 g/mol. The van der Waals surface area contributed by atoms with E-state index in [-0.39, 0.29) is 23.2 Å². The summed E-state index contributed by atoms with van der Waals surface area (Å²) in [4.78, 5) is 13.4. The number of ether oxygens (including phenoxy) is 1. The molecule has 1 amide bonds. The standard InChI is InChI=1S/C14H22N2O4S.ClH/c1-15-11-14(17)16(2)8-5-9-20-12-6-4-7-13(10-12)21(3,18)19;/h4,6-7,10,15H,5,8-9,11H2,1-3H3;1H. The van der Waals surface area contributed by atoms with Gasteiger partial charge in [0.15, 0.2) is 9.84 Å². The third-order valence-corrected chi connectivity index (χ3v) is 4.00. The van der Waals surface area contributed by atoms with Crippen LogP contribution in [0.2, 0.25) is 0 Å². The Kier molecular flexibility index (Phi) is 9.08. The quantitative estimate of drug-likeness (QED) is 0.707. The number of sulfone groups is 1. The minimum absolute atomic E-state index is 0. The van der Waals surface area contributed by atoms with E-state index in [0.717, 1.165) is 6.26 Å². The Morgan fingerprint density at radius 2 is 2.05 bits per heavy atom. The van der Waals surface area contributed by atoms with Gasteiger partial charge in [-0.1, -0.05) is 6.07 Å². The Balaban J connectivity index is 0.00000441. The molecule has 0 aliphatic rings. The number of hydrogen-bond acceptors (Lipinski definition) is 5. The van der Waals surface area contributed by atoms with Crippen molar-refractivity contribution in [3.63, 3.8) is 0 Å². The van der Waals surface area contributed by atoms with E-state index >= 15 is 0 Å². The molecule has 0 atom stereocenters. The van der Waals surface area contributed by atoms with Gasteiger partial charge in [-0.25, -0.2) is 8.42 Å². The number of rotatable bonds is 8. The molecule has 126 valence electrons. The van der Waals surface area contributed by atoms with Gasteiger partial charge in [-0.15, -0.1) is 12.4 Å². The lowest BCUT2D eigenvalue weighted by atomic mass is 10.3. The highest BCUT2D eigenvalue weighted by molar-refractivity contribution is 7.90. The molecule has 6 nitrogen and oxygen atoms in total. The summed E-state index contributed by atoms with van der Waals surface area (Å²) in [6.07, 6.45) is 1.84. The Bertz CT molecular complexity index is 578. The molecule has 0 bridgehead atoms. The number of likely N-dealkylation sites (N-methyl/N-ethyl adjacent to an activating group) is 2. The largest absolute Gasteiger partial charge is 0.493 e. The summed E-state index contributed by atoms with van der Waals surface area (Å²) in [5.74, 6) is 0.540. The van der Waals surface area contributed by atoms with E-state index in [9.17, 15) is 13.2 Å². The van der Waals surface area contributed by atoms with E-state index in [1.165, 1.54) is 12.1 Å². The summed E-state index contributed by atoms with van der Waals surface area (Å²) < 4.78 is 28.4. The van der Waals surface area contributed by atoms with Gasteiger partial charge in [0.25, 0.3) is 0 Å². The summed E-state index contributed by atoms with van der Waals surface area (Å²) in [6.45, 7) is 1.32. The van der Waals surface area contributed by atoms with Crippen LogP contribution in [0.5, 0.6) is 5.75 Å². The number of halogens is 1. The average molecular weight is 351 g/mol. The summed E-state index contributed by atoms with van der Waals surface area (Å²) in [6, 6.07) is 6.40. The van der Waals surface area contributed by atoms with Crippen LogP contribution < -0.4 is 10.1 Å². The molecule has 22 heavy (non-hydrogen) atoms. The second-order valence-corrected chi connectivity index (χ2v) is 6.81. The van der Waals surface area contributed by atoms with Crippen LogP contribution in [0.4, 0.5) is 0 Å². The Morgan fingerprint density at radius 3 is 2.64 bits per heavy atom. The second kappa shape index (κ2) is 9.66. The maximum atomic E-state index is 11.5. The first-order chi connectivity index (χ1) is 9.84. The van der Waals surface area contributed by atoms with Gasteiger partial charge >= 0.3 is 0 Å². The van der Waals surface area contributed by atoms with Crippen LogP contribution >= 0.6 is 12.4 Å². The lowest BCUT2D eigenvalue weighted by Crippen LogP contribution is -2.35. The molecule has 1 rings (SSSR count). The average Bonchev–Trinajstić information content (AvgIpc) is 2.43. The van der Waals surface area contributed by atoms with Gasteiger partial charge in [0.2, 0.25) is 5.91 Å². The lowest BCUT2D eigenvalue weighted by Gasteiger charge is -2.17. The molecule has 0 aliphatic carbocycles. The van der Waals surface area contributed by atoms with Gasteiger partial charge in [0.05, 0.1) is 18.0 Å². The van der Waals surface area contributed by atoms with Crippen molar-refractivity contribution in [2.75, 3.05) is 40.0 Å². The summed E-state index contributed by atoms with van der Waals surface area (Å²) in [5.41, 5.74) is 0. The lowest BCUT2D eigenvalue weighted by molar-refractivity contribution is -0.128. The summed E-state index contributed by atoms with van der Waals surface area (Å²) in [5, 5.41) is 2.81. The van der Waals surface area contributed by atoms with Gasteiger partial charge in [0, 0.05) is 19.8 Å². The molecule has 1 N–H and O–H groups in total. The van der Waals surface area contributed by atoms with Gasteiger partial charge in [0.1, 0.15) is 5.75 Å². The minimum Gasteiger partial charge on any atom is -0.493 e. The molecule has 0 unspecified atom stereocenters. The van der Waals surface area contributed by atoms with Crippen LogP contribution in [0, 0.1) is 0 Å². The number of carbonyl (C=O) groups is 1. The fourth-order valence-corrected chi connectivity index (χ4v) is 2.35. The Hall–Kier alpha value is -1.31. The molecule has 0 saturated carbocycles. The van der Waals surface area contributed by atoms with Crippen molar-refractivity contribution in [2.45, 2.75) is 11.3 Å². The summed E-state index contributed by atoms with van der Waals surface area (Å²) >= 11 is 0. The number of nitrogens with zero attached hydrogens (tertiary/aromatic N) is 1. The second-order valence-electron chi connectivity index (χ2n) is 4.79. The van der Waals surface area contributed by atoms with Gasteiger partial charge in [-0.2, -0.15) is 0 Å². The highest BCUT2D eigenvalue weighted by atomic mass is 35.5. The van der Waals surface area contributed by atoms with Crippen molar-refractivity contribution in [1.29, 1.82) is 0 Å². The van der Waals surface area contributed by atoms with Gasteiger partial charge in [-0.05, 0) is 31.7 Å². The maximum Gasteiger partial charge on any atom is 0.236 e. The molecular weight excluding hydrogens is 328 g/mol. The first kappa shape index (κ1) is 20.7. The first-order valence-corrected chi connectivity index (χ1v) is 8.55. The molecule has 1 aromatic rings. The zero-order valence-corrected chi connectivity index (χ0v) is 14.7. The van der Waals surface area contributed by atoms with E-state index in [4.69, 9.17) is 4.74 Å². The molecule has 1 aromatic carbocycles. The van der Waals surface area contributed by atoms with Crippen molar-refractivity contribution < 1.29 is 17.9 Å². The number of amides is 1. The zero-order chi connectivity index (χ0) is 15.9. The SMILES string of the molecule is CNCC(=O)N(C)CCCOc1cccc(S(C)(=O)=O)c1.Cl. The molecule has 0 radical (unpaired) electrons. The molecule has 0 spiro atoms. The van der Waals surface area contributed by atoms with E-state index in [2.05, 4.69) is 5.32 Å². The van der Waals surface area contributed by atoms with Crippen LogP contribution in [0.15, 0.2) is 29.2 Å². The van der Waals surface area contributed by atoms with Crippen molar-refractivity contribution in [3.05, 3.63) is 24.3 Å². The predicted octanol–water partition coefficient (Wildman–Crippen LogP) is 0.959. The van der Waals surface area contributed by atoms with Crippen molar-refractivity contribution in [1.82, 2.24) is 10.2 Å². The number of benzene rings is 1. The third kappa shape index (κ3) is 7.11. The van der Waals surface area contributed by atoms with Crippen LogP contribution in [-0.4, -0.2) is 59.3 Å². The van der Waals surface area contributed by atoms with Crippen LogP contribution in [0.1, 0.15) is 6.42 Å². The van der Waals surface area contributed by atoms with E-state index in [1.54, 1.807) is 31.1 Å². The topological polar surface area (TPSA) is 75.7 Å². The predicted molar refractivity (Wildman–Crippen MR) is 88.5 cm³/mol. The minimum atomic E-state index is -3.23.